The number of hydrogen-bond donors (Lipinski definition) is 0. The van der Waals surface area contributed by atoms with E-state index < -0.39 is 0 Å². The number of fused-ring (bicyclic) bond motifs is 1. The topological polar surface area (TPSA) is 68.7 Å². The number of allylic oxidation sites excluding steroid dienone is 2. The third kappa shape index (κ3) is 3.48. The molecule has 1 unspecified atom stereocenters. The summed E-state index contributed by atoms with van der Waals surface area (Å²) >= 11 is 0. The number of hydrogen-bond acceptors (Lipinski definition) is 5. The highest BCUT2D eigenvalue weighted by Crippen LogP contribution is 2.33. The molecular weight excluding hydrogens is 308 g/mol. The number of rotatable bonds is 3. The van der Waals surface area contributed by atoms with E-state index in [0.717, 1.165) is 29.7 Å². The minimum absolute atomic E-state index is 0.195. The Morgan fingerprint density at radius 2 is 2.29 bits per heavy atom. The Labute approximate surface area is 140 Å². The predicted octanol–water partition coefficient (Wildman–Crippen LogP) is 2.82. The number of ether oxygens (including phenoxy) is 2. The van der Waals surface area contributed by atoms with Crippen molar-refractivity contribution in [1.29, 1.82) is 0 Å². The highest BCUT2D eigenvalue weighted by molar-refractivity contribution is 5.77. The van der Waals surface area contributed by atoms with E-state index in [-0.39, 0.29) is 24.6 Å². The van der Waals surface area contributed by atoms with Gasteiger partial charge in [-0.3, -0.25) is 14.7 Å². The van der Waals surface area contributed by atoms with Crippen LogP contribution in [0.2, 0.25) is 0 Å². The lowest BCUT2D eigenvalue weighted by Gasteiger charge is -2.33. The van der Waals surface area contributed by atoms with Crippen LogP contribution in [-0.4, -0.2) is 35.6 Å². The van der Waals surface area contributed by atoms with Crippen molar-refractivity contribution in [3.8, 4) is 0 Å². The van der Waals surface area contributed by atoms with E-state index >= 15 is 0 Å². The van der Waals surface area contributed by atoms with E-state index in [1.807, 2.05) is 24.3 Å². The summed E-state index contributed by atoms with van der Waals surface area (Å²) in [6, 6.07) is 3.67. The molecule has 6 nitrogen and oxygen atoms in total. The first-order valence-corrected chi connectivity index (χ1v) is 8.01. The monoisotopic (exact) mass is 328 g/mol. The summed E-state index contributed by atoms with van der Waals surface area (Å²) in [7, 11) is 1.39. The number of aromatic nitrogens is 1. The smallest absolute Gasteiger partial charge is 0.414 e. The number of esters is 1. The standard InChI is InChI=1S/C18H20N2O4/c1-23-17(21)15-6-7-16-14(10-15)5-3-9-20(16)18(22)24-12-13-4-2-8-19-11-13/h2,4,7-8,10-11,15H,3,5-6,9,12H2,1H3. The molecule has 126 valence electrons. The molecule has 6 heteroatoms. The van der Waals surface area contributed by atoms with Gasteiger partial charge in [0.05, 0.1) is 13.0 Å². The first kappa shape index (κ1) is 16.2. The molecule has 0 bridgehead atoms. The fourth-order valence-corrected chi connectivity index (χ4v) is 3.02. The molecule has 1 aromatic heterocycles. The quantitative estimate of drug-likeness (QED) is 0.798. The number of carbonyl (C=O) groups excluding carboxylic acids is 2. The Balaban J connectivity index is 1.66. The zero-order valence-corrected chi connectivity index (χ0v) is 13.6. The predicted molar refractivity (Wildman–Crippen MR) is 86.7 cm³/mol. The number of nitrogens with zero attached hydrogens (tertiary/aromatic N) is 2. The number of likely N-dealkylation sites (tertiary alicyclic amines) is 1. The largest absolute Gasteiger partial charge is 0.469 e. The van der Waals surface area contributed by atoms with Gasteiger partial charge in [0.2, 0.25) is 0 Å². The van der Waals surface area contributed by atoms with Crippen molar-refractivity contribution in [1.82, 2.24) is 9.88 Å². The Kier molecular flexibility index (Phi) is 4.93. The minimum Gasteiger partial charge on any atom is -0.469 e. The van der Waals surface area contributed by atoms with Gasteiger partial charge in [-0.15, -0.1) is 0 Å². The third-order valence-corrected chi connectivity index (χ3v) is 4.22. The maximum atomic E-state index is 12.4. The number of amides is 1. The summed E-state index contributed by atoms with van der Waals surface area (Å²) < 4.78 is 10.2. The number of methoxy groups -OCH3 is 1. The van der Waals surface area contributed by atoms with Gasteiger partial charge in [0, 0.05) is 30.2 Å². The van der Waals surface area contributed by atoms with E-state index in [2.05, 4.69) is 4.98 Å². The average Bonchev–Trinajstić information content (AvgIpc) is 2.65. The van der Waals surface area contributed by atoms with Gasteiger partial charge >= 0.3 is 12.1 Å². The molecule has 3 rings (SSSR count). The highest BCUT2D eigenvalue weighted by atomic mass is 16.6. The van der Waals surface area contributed by atoms with Crippen molar-refractivity contribution in [2.45, 2.75) is 25.9 Å². The van der Waals surface area contributed by atoms with Gasteiger partial charge in [-0.1, -0.05) is 18.2 Å². The zero-order valence-electron chi connectivity index (χ0n) is 13.6. The van der Waals surface area contributed by atoms with Gasteiger partial charge in [0.15, 0.2) is 0 Å². The van der Waals surface area contributed by atoms with Gasteiger partial charge in [0.25, 0.3) is 0 Å². The van der Waals surface area contributed by atoms with Crippen molar-refractivity contribution in [3.05, 3.63) is 53.5 Å². The molecule has 24 heavy (non-hydrogen) atoms. The van der Waals surface area contributed by atoms with Gasteiger partial charge in [-0.2, -0.15) is 0 Å². The second-order valence-corrected chi connectivity index (χ2v) is 5.82. The third-order valence-electron chi connectivity index (χ3n) is 4.22. The minimum atomic E-state index is -0.368. The lowest BCUT2D eigenvalue weighted by Crippen LogP contribution is -2.37. The van der Waals surface area contributed by atoms with Crippen LogP contribution in [-0.2, 0) is 20.9 Å². The maximum absolute atomic E-state index is 12.4. The summed E-state index contributed by atoms with van der Waals surface area (Å²) in [6.07, 6.45) is 9.08. The van der Waals surface area contributed by atoms with Crippen molar-refractivity contribution in [3.63, 3.8) is 0 Å². The molecule has 0 spiro atoms. The van der Waals surface area contributed by atoms with E-state index in [1.54, 1.807) is 17.3 Å². The molecule has 2 aliphatic rings. The van der Waals surface area contributed by atoms with Crippen LogP contribution < -0.4 is 0 Å². The van der Waals surface area contributed by atoms with Crippen molar-refractivity contribution >= 4 is 12.1 Å². The van der Waals surface area contributed by atoms with Gasteiger partial charge in [0.1, 0.15) is 6.61 Å². The van der Waals surface area contributed by atoms with E-state index in [4.69, 9.17) is 9.47 Å². The fourth-order valence-electron chi connectivity index (χ4n) is 3.02. The van der Waals surface area contributed by atoms with Gasteiger partial charge in [-0.05, 0) is 30.9 Å². The van der Waals surface area contributed by atoms with Crippen LogP contribution in [0.4, 0.5) is 4.79 Å². The van der Waals surface area contributed by atoms with Crippen LogP contribution >= 0.6 is 0 Å². The van der Waals surface area contributed by atoms with Crippen LogP contribution in [0, 0.1) is 5.92 Å². The lowest BCUT2D eigenvalue weighted by atomic mass is 9.89. The maximum Gasteiger partial charge on any atom is 0.414 e. The van der Waals surface area contributed by atoms with Crippen LogP contribution in [0.15, 0.2) is 47.9 Å². The molecule has 1 aromatic rings. The fraction of sp³-hybridized carbons (Fsp3) is 0.389. The number of pyridine rings is 1. The Hall–Kier alpha value is -2.63. The van der Waals surface area contributed by atoms with Crippen molar-refractivity contribution < 1.29 is 19.1 Å². The second kappa shape index (κ2) is 7.29. The lowest BCUT2D eigenvalue weighted by molar-refractivity contribution is -0.143. The summed E-state index contributed by atoms with van der Waals surface area (Å²) in [5.74, 6) is -0.505. The first-order valence-electron chi connectivity index (χ1n) is 8.01. The molecule has 1 aliphatic heterocycles. The Morgan fingerprint density at radius 1 is 1.42 bits per heavy atom. The van der Waals surface area contributed by atoms with Crippen molar-refractivity contribution in [2.24, 2.45) is 5.92 Å². The van der Waals surface area contributed by atoms with Crippen LogP contribution in [0.3, 0.4) is 0 Å². The Bertz CT molecular complexity index is 682. The molecule has 2 heterocycles. The normalized spacial score (nSPS) is 19.7. The molecule has 0 saturated carbocycles. The van der Waals surface area contributed by atoms with Crippen LogP contribution in [0.1, 0.15) is 24.8 Å². The highest BCUT2D eigenvalue weighted by Gasteiger charge is 2.30. The number of piperidine rings is 1. The SMILES string of the molecule is COC(=O)C1C=C2CCCN(C(=O)OCc3cccnc3)C2=CC1. The molecule has 0 radical (unpaired) electrons. The van der Waals surface area contributed by atoms with Crippen LogP contribution in [0.5, 0.6) is 0 Å². The van der Waals surface area contributed by atoms with E-state index in [1.165, 1.54) is 7.11 Å². The summed E-state index contributed by atoms with van der Waals surface area (Å²) in [5, 5.41) is 0. The summed E-state index contributed by atoms with van der Waals surface area (Å²) in [5.41, 5.74) is 2.72. The average molecular weight is 328 g/mol. The van der Waals surface area contributed by atoms with Gasteiger partial charge in [-0.25, -0.2) is 4.79 Å². The molecule has 0 N–H and O–H groups in total. The van der Waals surface area contributed by atoms with Crippen molar-refractivity contribution in [2.75, 3.05) is 13.7 Å². The van der Waals surface area contributed by atoms with Gasteiger partial charge < -0.3 is 9.47 Å². The summed E-state index contributed by atoms with van der Waals surface area (Å²) in [6.45, 7) is 0.818. The first-order chi connectivity index (χ1) is 11.7. The van der Waals surface area contributed by atoms with E-state index in [9.17, 15) is 9.59 Å². The van der Waals surface area contributed by atoms with Crippen LogP contribution in [0.25, 0.3) is 0 Å². The molecular formula is C18H20N2O4. The molecule has 1 atom stereocenters. The zero-order chi connectivity index (χ0) is 16.9. The molecule has 0 aromatic carbocycles. The molecule has 1 amide bonds. The molecule has 1 saturated heterocycles. The molecule has 1 aliphatic carbocycles. The van der Waals surface area contributed by atoms with E-state index in [0.29, 0.717) is 13.0 Å². The summed E-state index contributed by atoms with van der Waals surface area (Å²) in [4.78, 5) is 29.8. The Morgan fingerprint density at radius 3 is 3.04 bits per heavy atom. The second-order valence-electron chi connectivity index (χ2n) is 5.82. The number of carbonyl (C=O) groups is 2. The molecule has 1 fully saturated rings.